The first-order valence-electron chi connectivity index (χ1n) is 9.20. The number of nitrogens with one attached hydrogen (secondary N) is 1. The Bertz CT molecular complexity index is 878. The molecular formula is C20H19F2N3O4. The van der Waals surface area contributed by atoms with E-state index in [4.69, 9.17) is 9.68 Å². The molecule has 0 aromatic heterocycles. The summed E-state index contributed by atoms with van der Waals surface area (Å²) in [5, 5.41) is 0. The van der Waals surface area contributed by atoms with E-state index in [1.807, 2.05) is 0 Å². The minimum Gasteiger partial charge on any atom is -0.307 e. The molecular weight excluding hydrogens is 384 g/mol. The predicted molar refractivity (Wildman–Crippen MR) is 100.0 cm³/mol. The quantitative estimate of drug-likeness (QED) is 0.539. The van der Waals surface area contributed by atoms with Crippen molar-refractivity contribution < 1.29 is 28.0 Å². The van der Waals surface area contributed by atoms with Gasteiger partial charge in [-0.25, -0.2) is 8.78 Å². The normalized spacial score (nSPS) is 15.2. The number of benzene rings is 2. The van der Waals surface area contributed by atoms with E-state index in [1.165, 1.54) is 21.9 Å². The molecule has 2 aromatic carbocycles. The third-order valence-electron chi connectivity index (χ3n) is 4.92. The average Bonchev–Trinajstić information content (AvgIpc) is 3.18. The fourth-order valence-electron chi connectivity index (χ4n) is 3.65. The molecule has 7 nitrogen and oxygen atoms in total. The highest BCUT2D eigenvalue weighted by molar-refractivity contribution is 6.02. The van der Waals surface area contributed by atoms with Crippen LogP contribution in [0.15, 0.2) is 36.4 Å². The van der Waals surface area contributed by atoms with Crippen molar-refractivity contribution in [2.24, 2.45) is 0 Å². The molecule has 4 rings (SSSR count). The Morgan fingerprint density at radius 2 is 1.24 bits per heavy atom. The van der Waals surface area contributed by atoms with Gasteiger partial charge in [0.05, 0.1) is 50.5 Å². The molecule has 0 bridgehead atoms. The Hall–Kier alpha value is -2.88. The van der Waals surface area contributed by atoms with E-state index in [-0.39, 0.29) is 62.3 Å². The summed E-state index contributed by atoms with van der Waals surface area (Å²) in [6.07, 6.45) is 0.331. The summed E-state index contributed by atoms with van der Waals surface area (Å²) >= 11 is 0. The van der Waals surface area contributed by atoms with Crippen molar-refractivity contribution in [2.75, 3.05) is 36.1 Å². The van der Waals surface area contributed by atoms with Crippen LogP contribution in [0.25, 0.3) is 0 Å². The molecule has 0 radical (unpaired) electrons. The summed E-state index contributed by atoms with van der Waals surface area (Å²) < 4.78 is 27.9. The van der Waals surface area contributed by atoms with Crippen LogP contribution in [0.1, 0.15) is 11.1 Å². The molecule has 0 unspecified atom stereocenters. The number of fused-ring (bicyclic) bond motifs is 2. The molecule has 2 heterocycles. The highest BCUT2D eigenvalue weighted by Crippen LogP contribution is 2.32. The molecule has 0 fully saturated rings. The van der Waals surface area contributed by atoms with Crippen LogP contribution in [-0.4, -0.2) is 38.1 Å². The minimum absolute atomic E-state index is 0.0691. The van der Waals surface area contributed by atoms with Crippen molar-refractivity contribution in [2.45, 2.75) is 12.8 Å². The number of rotatable bonds is 8. The number of para-hydroxylation sites is 2. The summed E-state index contributed by atoms with van der Waals surface area (Å²) in [6.45, 7) is 0.456. The lowest BCUT2D eigenvalue weighted by Gasteiger charge is -2.19. The summed E-state index contributed by atoms with van der Waals surface area (Å²) in [5.41, 5.74) is 4.16. The van der Waals surface area contributed by atoms with Gasteiger partial charge in [0.1, 0.15) is 11.6 Å². The van der Waals surface area contributed by atoms with Crippen molar-refractivity contribution in [1.29, 1.82) is 0 Å². The van der Waals surface area contributed by atoms with Crippen LogP contribution in [0.3, 0.4) is 0 Å². The van der Waals surface area contributed by atoms with Gasteiger partial charge in [-0.05, 0) is 23.3 Å². The van der Waals surface area contributed by atoms with E-state index in [1.54, 1.807) is 24.3 Å². The molecule has 1 N–H and O–H groups in total. The van der Waals surface area contributed by atoms with E-state index >= 15 is 0 Å². The van der Waals surface area contributed by atoms with Gasteiger partial charge in [-0.2, -0.15) is 0 Å². The smallest absolute Gasteiger partial charge is 0.231 e. The van der Waals surface area contributed by atoms with E-state index in [2.05, 4.69) is 5.64 Å². The van der Waals surface area contributed by atoms with Gasteiger partial charge in [-0.3, -0.25) is 19.3 Å². The molecule has 0 saturated heterocycles. The fraction of sp³-hybridized carbons (Fsp3) is 0.300. The van der Waals surface area contributed by atoms with Crippen molar-refractivity contribution in [3.8, 4) is 0 Å². The maximum atomic E-state index is 14.0. The second-order valence-corrected chi connectivity index (χ2v) is 6.72. The standard InChI is InChI=1S/C20H19F2N3O4/c21-15-5-1-3-13-11-17(26)24(19(13)15)7-9-28-23-29-10-8-25-18(27)12-14-4-2-6-16(22)20(14)25/h1-6,23H,7-12H2. The number of halogens is 2. The number of anilines is 2. The zero-order valence-corrected chi connectivity index (χ0v) is 15.5. The Morgan fingerprint density at radius 3 is 1.69 bits per heavy atom. The van der Waals surface area contributed by atoms with Gasteiger partial charge in [0.25, 0.3) is 0 Å². The third kappa shape index (κ3) is 3.84. The molecule has 29 heavy (non-hydrogen) atoms. The van der Waals surface area contributed by atoms with E-state index < -0.39 is 11.6 Å². The first-order chi connectivity index (χ1) is 14.1. The maximum absolute atomic E-state index is 14.0. The Labute approximate surface area is 165 Å². The monoisotopic (exact) mass is 403 g/mol. The van der Waals surface area contributed by atoms with Crippen LogP contribution >= 0.6 is 0 Å². The first kappa shape index (κ1) is 19.4. The van der Waals surface area contributed by atoms with Gasteiger partial charge in [0.2, 0.25) is 11.8 Å². The summed E-state index contributed by atoms with van der Waals surface area (Å²) in [5.74, 6) is -1.27. The number of amides is 2. The second kappa shape index (κ2) is 8.24. The van der Waals surface area contributed by atoms with Crippen molar-refractivity contribution in [1.82, 2.24) is 5.64 Å². The van der Waals surface area contributed by atoms with Gasteiger partial charge in [0.15, 0.2) is 0 Å². The number of hydrogen-bond donors (Lipinski definition) is 1. The molecule has 0 atom stereocenters. The van der Waals surface area contributed by atoms with Gasteiger partial charge < -0.3 is 9.80 Å². The van der Waals surface area contributed by atoms with Crippen LogP contribution in [-0.2, 0) is 32.1 Å². The number of carbonyl (C=O) groups excluding carboxylic acids is 2. The summed E-state index contributed by atoms with van der Waals surface area (Å²) in [6, 6.07) is 9.22. The molecule has 0 spiro atoms. The van der Waals surface area contributed by atoms with Crippen molar-refractivity contribution in [3.05, 3.63) is 59.2 Å². The minimum atomic E-state index is -0.444. The van der Waals surface area contributed by atoms with E-state index in [0.29, 0.717) is 11.1 Å². The largest absolute Gasteiger partial charge is 0.307 e. The topological polar surface area (TPSA) is 71.1 Å². The summed E-state index contributed by atoms with van der Waals surface area (Å²) in [4.78, 5) is 37.0. The molecule has 2 aliphatic heterocycles. The molecule has 152 valence electrons. The van der Waals surface area contributed by atoms with Crippen LogP contribution in [0.2, 0.25) is 0 Å². The van der Waals surface area contributed by atoms with Crippen LogP contribution in [0, 0.1) is 11.6 Å². The Morgan fingerprint density at radius 1 is 0.793 bits per heavy atom. The van der Waals surface area contributed by atoms with Gasteiger partial charge in [-0.1, -0.05) is 29.9 Å². The molecule has 2 aliphatic rings. The second-order valence-electron chi connectivity index (χ2n) is 6.72. The third-order valence-corrected chi connectivity index (χ3v) is 4.92. The van der Waals surface area contributed by atoms with Gasteiger partial charge in [0, 0.05) is 0 Å². The summed E-state index contributed by atoms with van der Waals surface area (Å²) in [7, 11) is 0. The Kier molecular flexibility index (Phi) is 5.52. The molecule has 0 saturated carbocycles. The fourth-order valence-corrected chi connectivity index (χ4v) is 3.65. The number of carbonyl (C=O) groups is 2. The van der Waals surface area contributed by atoms with E-state index in [9.17, 15) is 18.4 Å². The first-order valence-corrected chi connectivity index (χ1v) is 9.20. The Balaban J connectivity index is 1.20. The van der Waals surface area contributed by atoms with Gasteiger partial charge in [-0.15, -0.1) is 0 Å². The van der Waals surface area contributed by atoms with Crippen LogP contribution in [0.4, 0.5) is 20.2 Å². The predicted octanol–water partition coefficient (Wildman–Crippen LogP) is 1.90. The zero-order valence-electron chi connectivity index (χ0n) is 15.5. The zero-order chi connectivity index (χ0) is 20.4. The lowest BCUT2D eigenvalue weighted by atomic mass is 10.1. The highest BCUT2D eigenvalue weighted by atomic mass is 19.1. The van der Waals surface area contributed by atoms with Crippen molar-refractivity contribution in [3.63, 3.8) is 0 Å². The maximum Gasteiger partial charge on any atom is 0.231 e. The SMILES string of the molecule is O=C1Cc2cccc(F)c2N1CCONOCCN1C(=O)Cc2cccc(F)c21. The molecule has 2 aromatic rings. The van der Waals surface area contributed by atoms with Crippen molar-refractivity contribution >= 4 is 23.2 Å². The highest BCUT2D eigenvalue weighted by Gasteiger charge is 2.30. The lowest BCUT2D eigenvalue weighted by molar-refractivity contribution is -0.167. The lowest BCUT2D eigenvalue weighted by Crippen LogP contribution is -2.34. The van der Waals surface area contributed by atoms with Gasteiger partial charge >= 0.3 is 0 Å². The molecule has 9 heteroatoms. The number of nitrogens with zero attached hydrogens (tertiary/aromatic N) is 2. The molecule has 2 amide bonds. The molecule has 0 aliphatic carbocycles. The van der Waals surface area contributed by atoms with E-state index in [0.717, 1.165) is 0 Å². The number of hydrogen-bond acceptors (Lipinski definition) is 5. The van der Waals surface area contributed by atoms with Crippen LogP contribution < -0.4 is 15.4 Å². The van der Waals surface area contributed by atoms with Crippen LogP contribution in [0.5, 0.6) is 0 Å². The average molecular weight is 403 g/mol.